The van der Waals surface area contributed by atoms with Crippen LogP contribution in [0.2, 0.25) is 0 Å². The van der Waals surface area contributed by atoms with Gasteiger partial charge in [0.15, 0.2) is 0 Å². The van der Waals surface area contributed by atoms with Crippen molar-refractivity contribution >= 4 is 33.3 Å². The van der Waals surface area contributed by atoms with Crippen LogP contribution in [0, 0.1) is 19.9 Å². The number of benzene rings is 1. The number of thiophene rings is 1. The van der Waals surface area contributed by atoms with Crippen molar-refractivity contribution in [2.75, 3.05) is 5.32 Å². The fourth-order valence-corrected chi connectivity index (χ4v) is 2.72. The first-order chi connectivity index (χ1) is 9.15. The standard InChI is InChI=1S/C13H10N3O2S.W/c1-7-10(4-3-9-5-6-19-11(7)9)12(17)14-13-16-15-8(2)18-13;/h4-6H,1-2H3,(H,14,16,17);/q-1;. The Balaban J connectivity index is 0.00000147. The zero-order valence-electron chi connectivity index (χ0n) is 10.8. The molecule has 3 aromatic rings. The Morgan fingerprint density at radius 1 is 1.40 bits per heavy atom. The fourth-order valence-electron chi connectivity index (χ4n) is 1.84. The van der Waals surface area contributed by atoms with Crippen molar-refractivity contribution < 1.29 is 30.3 Å². The molecule has 5 nitrogen and oxygen atoms in total. The number of aromatic nitrogens is 2. The number of carbonyl (C=O) groups is 1. The fraction of sp³-hybridized carbons (Fsp3) is 0.154. The van der Waals surface area contributed by atoms with E-state index in [1.165, 1.54) is 0 Å². The van der Waals surface area contributed by atoms with Gasteiger partial charge in [-0.05, 0) is 5.56 Å². The van der Waals surface area contributed by atoms with Crippen molar-refractivity contribution in [2.24, 2.45) is 0 Å². The second-order valence-electron chi connectivity index (χ2n) is 4.07. The third kappa shape index (κ3) is 2.67. The van der Waals surface area contributed by atoms with Gasteiger partial charge in [-0.15, -0.1) is 34.2 Å². The Labute approximate surface area is 133 Å². The van der Waals surface area contributed by atoms with E-state index < -0.39 is 0 Å². The topological polar surface area (TPSA) is 68.0 Å². The van der Waals surface area contributed by atoms with Crippen molar-refractivity contribution in [3.05, 3.63) is 40.6 Å². The molecule has 0 unspecified atom stereocenters. The summed E-state index contributed by atoms with van der Waals surface area (Å²) in [5, 5.41) is 13.0. The van der Waals surface area contributed by atoms with Gasteiger partial charge in [-0.3, -0.25) is 10.1 Å². The van der Waals surface area contributed by atoms with Gasteiger partial charge in [-0.25, -0.2) is 11.3 Å². The largest absolute Gasteiger partial charge is 0.408 e. The molecule has 102 valence electrons. The maximum absolute atomic E-state index is 12.2. The Hall–Kier alpha value is -1.52. The first-order valence-corrected chi connectivity index (χ1v) is 6.53. The monoisotopic (exact) mass is 456 g/mol. The van der Waals surface area contributed by atoms with Crippen LogP contribution < -0.4 is 5.32 Å². The summed E-state index contributed by atoms with van der Waals surface area (Å²) in [6, 6.07) is 6.87. The van der Waals surface area contributed by atoms with Crippen molar-refractivity contribution in [1.82, 2.24) is 10.2 Å². The molecule has 0 aliphatic rings. The van der Waals surface area contributed by atoms with E-state index in [9.17, 15) is 4.79 Å². The zero-order valence-corrected chi connectivity index (χ0v) is 14.5. The van der Waals surface area contributed by atoms with E-state index in [-0.39, 0.29) is 33.0 Å². The molecule has 0 aliphatic heterocycles. The summed E-state index contributed by atoms with van der Waals surface area (Å²) in [6.07, 6.45) is 0. The smallest absolute Gasteiger partial charge is 0.321 e. The predicted molar refractivity (Wildman–Crippen MR) is 72.4 cm³/mol. The molecule has 0 saturated carbocycles. The zero-order chi connectivity index (χ0) is 13.4. The SMILES string of the molecule is Cc1nnc(NC(=O)c2c[c-]c3ccsc3c2C)o1.[W]. The van der Waals surface area contributed by atoms with Gasteiger partial charge in [-0.2, -0.15) is 0 Å². The van der Waals surface area contributed by atoms with Gasteiger partial charge in [0.05, 0.1) is 0 Å². The molecule has 2 heterocycles. The molecule has 1 amide bonds. The van der Waals surface area contributed by atoms with E-state index in [2.05, 4.69) is 21.6 Å². The Bertz CT molecular complexity index is 766. The summed E-state index contributed by atoms with van der Waals surface area (Å²) in [6.45, 7) is 3.58. The van der Waals surface area contributed by atoms with E-state index in [0.717, 1.165) is 15.6 Å². The van der Waals surface area contributed by atoms with E-state index >= 15 is 0 Å². The molecule has 0 saturated heterocycles. The molecular weight excluding hydrogens is 446 g/mol. The minimum atomic E-state index is -0.271. The first kappa shape index (κ1) is 14.9. The van der Waals surface area contributed by atoms with Crippen molar-refractivity contribution in [2.45, 2.75) is 13.8 Å². The molecule has 0 atom stereocenters. The summed E-state index contributed by atoms with van der Waals surface area (Å²) < 4.78 is 6.19. The number of hydrogen-bond acceptors (Lipinski definition) is 5. The number of carbonyl (C=O) groups excluding carboxylic acids is 1. The molecule has 1 N–H and O–H groups in total. The molecule has 0 bridgehead atoms. The van der Waals surface area contributed by atoms with Crippen LogP contribution in [0.1, 0.15) is 21.8 Å². The molecule has 0 radical (unpaired) electrons. The average Bonchev–Trinajstić information content (AvgIpc) is 2.99. The Kier molecular flexibility index (Phi) is 4.35. The van der Waals surface area contributed by atoms with Crippen LogP contribution in [-0.2, 0) is 21.1 Å². The Morgan fingerprint density at radius 2 is 2.20 bits per heavy atom. The van der Waals surface area contributed by atoms with Crippen LogP contribution in [0.5, 0.6) is 0 Å². The summed E-state index contributed by atoms with van der Waals surface area (Å²) in [5.74, 6) is 0.139. The number of nitrogens with zero attached hydrogens (tertiary/aromatic N) is 2. The molecule has 20 heavy (non-hydrogen) atoms. The van der Waals surface area contributed by atoms with E-state index in [4.69, 9.17) is 4.42 Å². The second kappa shape index (κ2) is 5.85. The van der Waals surface area contributed by atoms with Crippen LogP contribution >= 0.6 is 11.3 Å². The molecule has 7 heteroatoms. The van der Waals surface area contributed by atoms with Crippen LogP contribution in [-0.4, -0.2) is 16.1 Å². The number of hydrogen-bond donors (Lipinski definition) is 1. The third-order valence-corrected chi connectivity index (χ3v) is 3.81. The molecule has 0 fully saturated rings. The number of anilines is 1. The molecule has 0 spiro atoms. The number of rotatable bonds is 2. The third-order valence-electron chi connectivity index (χ3n) is 2.77. The Morgan fingerprint density at radius 3 is 2.90 bits per heavy atom. The first-order valence-electron chi connectivity index (χ1n) is 5.65. The van der Waals surface area contributed by atoms with E-state index in [1.54, 1.807) is 24.3 Å². The maximum Gasteiger partial charge on any atom is 0.321 e. The number of fused-ring (bicyclic) bond motifs is 1. The second-order valence-corrected chi connectivity index (χ2v) is 4.99. The van der Waals surface area contributed by atoms with Crippen LogP contribution in [0.4, 0.5) is 6.01 Å². The van der Waals surface area contributed by atoms with Gasteiger partial charge < -0.3 is 4.42 Å². The van der Waals surface area contributed by atoms with Gasteiger partial charge in [0.25, 0.3) is 0 Å². The quantitative estimate of drug-likeness (QED) is 0.603. The molecule has 3 rings (SSSR count). The van der Waals surface area contributed by atoms with Crippen molar-refractivity contribution in [1.29, 1.82) is 0 Å². The number of aryl methyl sites for hydroxylation is 2. The minimum Gasteiger partial charge on any atom is -0.408 e. The molecule has 2 aromatic heterocycles. The molecule has 1 aromatic carbocycles. The van der Waals surface area contributed by atoms with E-state index in [1.807, 2.05) is 18.4 Å². The summed E-state index contributed by atoms with van der Waals surface area (Å²) in [5.41, 5.74) is 1.49. The summed E-state index contributed by atoms with van der Waals surface area (Å²) in [4.78, 5) is 12.2. The van der Waals surface area contributed by atoms with Gasteiger partial charge >= 0.3 is 6.01 Å². The van der Waals surface area contributed by atoms with Gasteiger partial charge in [0, 0.05) is 28.0 Å². The van der Waals surface area contributed by atoms with Gasteiger partial charge in [0.2, 0.25) is 11.8 Å². The summed E-state index contributed by atoms with van der Waals surface area (Å²) in [7, 11) is 0. The average molecular weight is 456 g/mol. The summed E-state index contributed by atoms with van der Waals surface area (Å²) >= 11 is 1.59. The van der Waals surface area contributed by atoms with Crippen LogP contribution in [0.15, 0.2) is 21.9 Å². The van der Waals surface area contributed by atoms with Crippen molar-refractivity contribution in [3.8, 4) is 0 Å². The minimum absolute atomic E-state index is 0. The normalized spacial score (nSPS) is 10.3. The van der Waals surface area contributed by atoms with Crippen LogP contribution in [0.3, 0.4) is 0 Å². The van der Waals surface area contributed by atoms with Crippen LogP contribution in [0.25, 0.3) is 10.1 Å². The van der Waals surface area contributed by atoms with Gasteiger partial charge in [-0.1, -0.05) is 22.1 Å². The van der Waals surface area contributed by atoms with E-state index in [0.29, 0.717) is 11.5 Å². The molecule has 0 aliphatic carbocycles. The molecular formula is C13H10N3O2SW-. The maximum atomic E-state index is 12.2. The van der Waals surface area contributed by atoms with Gasteiger partial charge in [0.1, 0.15) is 0 Å². The number of amides is 1. The van der Waals surface area contributed by atoms with Crippen molar-refractivity contribution in [3.63, 3.8) is 0 Å². The predicted octanol–water partition coefficient (Wildman–Crippen LogP) is 2.95. The number of nitrogens with one attached hydrogen (secondary N) is 1.